The van der Waals surface area contributed by atoms with Gasteiger partial charge in [0.25, 0.3) is 0 Å². The normalized spacial score (nSPS) is 30.7. The van der Waals surface area contributed by atoms with Gasteiger partial charge in [-0.2, -0.15) is 0 Å². The summed E-state index contributed by atoms with van der Waals surface area (Å²) in [6.45, 7) is 4.84. The third kappa shape index (κ3) is 2.39. The Bertz CT molecular complexity index is 393. The van der Waals surface area contributed by atoms with E-state index in [1.165, 1.54) is 37.2 Å². The highest BCUT2D eigenvalue weighted by Crippen LogP contribution is 2.31. The summed E-state index contributed by atoms with van der Waals surface area (Å²) in [4.78, 5) is 4.00. The molecule has 0 spiro atoms. The molecule has 2 fully saturated rings. The standard InChI is InChI=1S/C13H19ClN2S/c1-9(12-4-5-13(14)17-12)15-10-6-8-16-7-2-3-11(10)16/h4-5,9-11,15H,2-3,6-8H2,1H3. The Labute approximate surface area is 112 Å². The van der Waals surface area contributed by atoms with E-state index in [4.69, 9.17) is 11.6 Å². The van der Waals surface area contributed by atoms with Crippen molar-refractivity contribution >= 4 is 22.9 Å². The minimum absolute atomic E-state index is 0.429. The van der Waals surface area contributed by atoms with Gasteiger partial charge in [0, 0.05) is 29.5 Å². The topological polar surface area (TPSA) is 15.3 Å². The fourth-order valence-corrected chi connectivity index (χ4v) is 4.31. The van der Waals surface area contributed by atoms with Crippen LogP contribution in [0, 0.1) is 0 Å². The largest absolute Gasteiger partial charge is 0.305 e. The van der Waals surface area contributed by atoms with Gasteiger partial charge >= 0.3 is 0 Å². The van der Waals surface area contributed by atoms with E-state index in [0.29, 0.717) is 12.1 Å². The molecule has 0 amide bonds. The van der Waals surface area contributed by atoms with Crippen molar-refractivity contribution < 1.29 is 0 Å². The monoisotopic (exact) mass is 270 g/mol. The first-order valence-electron chi connectivity index (χ1n) is 6.49. The molecular weight excluding hydrogens is 252 g/mol. The number of halogens is 1. The van der Waals surface area contributed by atoms with Crippen LogP contribution in [0.3, 0.4) is 0 Å². The molecule has 3 unspecified atom stereocenters. The molecule has 0 bridgehead atoms. The highest BCUT2D eigenvalue weighted by molar-refractivity contribution is 7.16. The van der Waals surface area contributed by atoms with Gasteiger partial charge in [0.05, 0.1) is 4.34 Å². The fraction of sp³-hybridized carbons (Fsp3) is 0.692. The summed E-state index contributed by atoms with van der Waals surface area (Å²) >= 11 is 7.69. The molecule has 1 aromatic rings. The van der Waals surface area contributed by atoms with Crippen LogP contribution in [0.4, 0.5) is 0 Å². The molecule has 0 aliphatic carbocycles. The van der Waals surface area contributed by atoms with Gasteiger partial charge in [-0.15, -0.1) is 11.3 Å². The van der Waals surface area contributed by atoms with Gasteiger partial charge in [-0.25, -0.2) is 0 Å². The second-order valence-corrected chi connectivity index (χ2v) is 6.92. The van der Waals surface area contributed by atoms with Crippen LogP contribution in [0.5, 0.6) is 0 Å². The number of nitrogens with one attached hydrogen (secondary N) is 1. The average molecular weight is 271 g/mol. The van der Waals surface area contributed by atoms with E-state index in [9.17, 15) is 0 Å². The molecule has 94 valence electrons. The molecule has 1 N–H and O–H groups in total. The highest BCUT2D eigenvalue weighted by atomic mass is 35.5. The first-order chi connectivity index (χ1) is 8.24. The summed E-state index contributed by atoms with van der Waals surface area (Å²) in [5, 5.41) is 3.79. The van der Waals surface area contributed by atoms with Crippen molar-refractivity contribution in [2.45, 2.75) is 44.3 Å². The van der Waals surface area contributed by atoms with Gasteiger partial charge in [0.2, 0.25) is 0 Å². The Morgan fingerprint density at radius 1 is 1.41 bits per heavy atom. The van der Waals surface area contributed by atoms with Gasteiger partial charge in [-0.1, -0.05) is 11.6 Å². The molecule has 0 saturated carbocycles. The van der Waals surface area contributed by atoms with Gasteiger partial charge in [0.15, 0.2) is 0 Å². The lowest BCUT2D eigenvalue weighted by atomic mass is 10.1. The van der Waals surface area contributed by atoms with Crippen LogP contribution in [0.15, 0.2) is 12.1 Å². The van der Waals surface area contributed by atoms with E-state index in [1.54, 1.807) is 11.3 Å². The molecule has 3 heterocycles. The van der Waals surface area contributed by atoms with Crippen molar-refractivity contribution in [2.75, 3.05) is 13.1 Å². The molecule has 0 radical (unpaired) electrons. The molecule has 2 aliphatic heterocycles. The highest BCUT2D eigenvalue weighted by Gasteiger charge is 2.37. The molecule has 1 aromatic heterocycles. The third-order valence-corrected chi connectivity index (χ3v) is 5.50. The van der Waals surface area contributed by atoms with Gasteiger partial charge in [-0.3, -0.25) is 4.90 Å². The lowest BCUT2D eigenvalue weighted by molar-refractivity contribution is 0.292. The van der Waals surface area contributed by atoms with Crippen LogP contribution in [0.25, 0.3) is 0 Å². The molecule has 2 aliphatic rings. The Morgan fingerprint density at radius 3 is 3.06 bits per heavy atom. The molecule has 4 heteroatoms. The average Bonchev–Trinajstić information content (AvgIpc) is 2.96. The Morgan fingerprint density at radius 2 is 2.29 bits per heavy atom. The van der Waals surface area contributed by atoms with Gasteiger partial charge < -0.3 is 5.32 Å². The van der Waals surface area contributed by atoms with E-state index in [-0.39, 0.29) is 0 Å². The summed E-state index contributed by atoms with van der Waals surface area (Å²) in [7, 11) is 0. The SMILES string of the molecule is CC(NC1CCN2CCCC12)c1ccc(Cl)s1. The van der Waals surface area contributed by atoms with Gasteiger partial charge in [0.1, 0.15) is 0 Å². The third-order valence-electron chi connectivity index (χ3n) is 4.09. The Balaban J connectivity index is 1.63. The summed E-state index contributed by atoms with van der Waals surface area (Å²) in [6, 6.07) is 6.03. The van der Waals surface area contributed by atoms with Crippen molar-refractivity contribution in [3.8, 4) is 0 Å². The smallest absolute Gasteiger partial charge is 0.0931 e. The van der Waals surface area contributed by atoms with Gasteiger partial charge in [-0.05, 0) is 44.9 Å². The number of nitrogens with zero attached hydrogens (tertiary/aromatic N) is 1. The number of hydrogen-bond acceptors (Lipinski definition) is 3. The maximum absolute atomic E-state index is 5.99. The minimum atomic E-state index is 0.429. The lowest BCUT2D eigenvalue weighted by Gasteiger charge is -2.24. The predicted octanol–water partition coefficient (Wildman–Crippen LogP) is 3.29. The van der Waals surface area contributed by atoms with Crippen LogP contribution < -0.4 is 5.32 Å². The summed E-state index contributed by atoms with van der Waals surface area (Å²) in [5.41, 5.74) is 0. The van der Waals surface area contributed by atoms with Crippen LogP contribution in [0.1, 0.15) is 37.1 Å². The maximum atomic E-state index is 5.99. The summed E-state index contributed by atoms with van der Waals surface area (Å²) in [6.07, 6.45) is 4.05. The fourth-order valence-electron chi connectivity index (χ4n) is 3.24. The summed E-state index contributed by atoms with van der Waals surface area (Å²) in [5.74, 6) is 0. The second-order valence-electron chi connectivity index (χ2n) is 5.17. The molecule has 3 atom stereocenters. The second kappa shape index (κ2) is 4.88. The zero-order valence-electron chi connectivity index (χ0n) is 10.2. The number of fused-ring (bicyclic) bond motifs is 1. The number of thiophene rings is 1. The number of rotatable bonds is 3. The Hall–Kier alpha value is -0.0900. The first-order valence-corrected chi connectivity index (χ1v) is 7.69. The zero-order chi connectivity index (χ0) is 11.8. The van der Waals surface area contributed by atoms with E-state index in [2.05, 4.69) is 23.2 Å². The van der Waals surface area contributed by atoms with Crippen LogP contribution in [0.2, 0.25) is 4.34 Å². The van der Waals surface area contributed by atoms with Crippen LogP contribution in [-0.2, 0) is 0 Å². The van der Waals surface area contributed by atoms with E-state index < -0.39 is 0 Å². The van der Waals surface area contributed by atoms with Crippen molar-refractivity contribution in [1.29, 1.82) is 0 Å². The van der Waals surface area contributed by atoms with Crippen molar-refractivity contribution in [3.05, 3.63) is 21.3 Å². The maximum Gasteiger partial charge on any atom is 0.0931 e. The molecule has 17 heavy (non-hydrogen) atoms. The molecule has 2 nitrogen and oxygen atoms in total. The molecule has 3 rings (SSSR count). The van der Waals surface area contributed by atoms with Crippen LogP contribution >= 0.6 is 22.9 Å². The molecular formula is C13H19ClN2S. The van der Waals surface area contributed by atoms with Crippen molar-refractivity contribution in [1.82, 2.24) is 10.2 Å². The quantitative estimate of drug-likeness (QED) is 0.907. The van der Waals surface area contributed by atoms with E-state index in [1.807, 2.05) is 6.07 Å². The minimum Gasteiger partial charge on any atom is -0.305 e. The van der Waals surface area contributed by atoms with E-state index in [0.717, 1.165) is 10.4 Å². The lowest BCUT2D eigenvalue weighted by Crippen LogP contribution is -2.40. The van der Waals surface area contributed by atoms with Crippen LogP contribution in [-0.4, -0.2) is 30.1 Å². The van der Waals surface area contributed by atoms with E-state index >= 15 is 0 Å². The zero-order valence-corrected chi connectivity index (χ0v) is 11.7. The summed E-state index contributed by atoms with van der Waals surface area (Å²) < 4.78 is 0.891. The van der Waals surface area contributed by atoms with Crippen molar-refractivity contribution in [2.24, 2.45) is 0 Å². The molecule has 2 saturated heterocycles. The first kappa shape index (κ1) is 12.0. The number of hydrogen-bond donors (Lipinski definition) is 1. The predicted molar refractivity (Wildman–Crippen MR) is 73.9 cm³/mol. The van der Waals surface area contributed by atoms with Crippen molar-refractivity contribution in [3.63, 3.8) is 0 Å². The Kier molecular flexibility index (Phi) is 3.44. The molecule has 0 aromatic carbocycles.